The lowest BCUT2D eigenvalue weighted by molar-refractivity contribution is 0.111. The minimum Gasteiger partial charge on any atom is -0.485 e. The number of halogens is 1. The molecular formula is C17H17FO2. The van der Waals surface area contributed by atoms with Crippen molar-refractivity contribution in [2.75, 3.05) is 0 Å². The Morgan fingerprint density at radius 3 is 2.40 bits per heavy atom. The van der Waals surface area contributed by atoms with Crippen molar-refractivity contribution in [2.24, 2.45) is 0 Å². The molecule has 0 radical (unpaired) electrons. The molecule has 0 spiro atoms. The SMILES string of the molecule is Cc1cc(C)c(COc2c(F)cccc2C=O)c(C)c1. The van der Waals surface area contributed by atoms with Crippen LogP contribution in [0.15, 0.2) is 30.3 Å². The predicted octanol–water partition coefficient (Wildman–Crippen LogP) is 4.14. The minimum absolute atomic E-state index is 0.0156. The molecule has 0 amide bonds. The summed E-state index contributed by atoms with van der Waals surface area (Å²) in [4.78, 5) is 10.9. The van der Waals surface area contributed by atoms with Crippen molar-refractivity contribution in [2.45, 2.75) is 27.4 Å². The van der Waals surface area contributed by atoms with Crippen LogP contribution in [0.2, 0.25) is 0 Å². The number of carbonyl (C=O) groups is 1. The highest BCUT2D eigenvalue weighted by atomic mass is 19.1. The maximum Gasteiger partial charge on any atom is 0.165 e. The minimum atomic E-state index is -0.517. The molecule has 0 fully saturated rings. The van der Waals surface area contributed by atoms with Crippen LogP contribution in [0.4, 0.5) is 4.39 Å². The van der Waals surface area contributed by atoms with Gasteiger partial charge in [-0.3, -0.25) is 4.79 Å². The number of benzene rings is 2. The van der Waals surface area contributed by atoms with Gasteiger partial charge < -0.3 is 4.74 Å². The monoisotopic (exact) mass is 272 g/mol. The fraction of sp³-hybridized carbons (Fsp3) is 0.235. The first-order valence-corrected chi connectivity index (χ1v) is 6.46. The van der Waals surface area contributed by atoms with E-state index in [1.54, 1.807) is 6.07 Å². The first-order valence-electron chi connectivity index (χ1n) is 6.46. The van der Waals surface area contributed by atoms with Gasteiger partial charge in [0.25, 0.3) is 0 Å². The molecule has 0 saturated heterocycles. The molecule has 0 unspecified atom stereocenters. The highest BCUT2D eigenvalue weighted by Crippen LogP contribution is 2.24. The number of carbonyl (C=O) groups excluding carboxylic acids is 1. The molecule has 0 aliphatic heterocycles. The Morgan fingerprint density at radius 1 is 1.15 bits per heavy atom. The molecule has 0 N–H and O–H groups in total. The summed E-state index contributed by atoms with van der Waals surface area (Å²) in [6.45, 7) is 6.28. The zero-order valence-electron chi connectivity index (χ0n) is 11.9. The Labute approximate surface area is 118 Å². The molecule has 2 aromatic carbocycles. The molecule has 2 nitrogen and oxygen atoms in total. The van der Waals surface area contributed by atoms with Crippen molar-refractivity contribution in [3.05, 3.63) is 64.0 Å². The first kappa shape index (κ1) is 14.3. The van der Waals surface area contributed by atoms with E-state index in [-0.39, 0.29) is 17.9 Å². The van der Waals surface area contributed by atoms with Crippen LogP contribution in [0.25, 0.3) is 0 Å². The lowest BCUT2D eigenvalue weighted by atomic mass is 10.0. The van der Waals surface area contributed by atoms with Crippen molar-refractivity contribution < 1.29 is 13.9 Å². The zero-order valence-corrected chi connectivity index (χ0v) is 11.9. The van der Waals surface area contributed by atoms with Crippen LogP contribution >= 0.6 is 0 Å². The van der Waals surface area contributed by atoms with Crippen LogP contribution < -0.4 is 4.74 Å². The van der Waals surface area contributed by atoms with Gasteiger partial charge in [0.15, 0.2) is 17.9 Å². The maximum atomic E-state index is 13.7. The average molecular weight is 272 g/mol. The number of hydrogen-bond donors (Lipinski definition) is 0. The molecule has 0 atom stereocenters. The van der Waals surface area contributed by atoms with Gasteiger partial charge in [-0.05, 0) is 49.6 Å². The van der Waals surface area contributed by atoms with E-state index in [1.165, 1.54) is 17.7 Å². The van der Waals surface area contributed by atoms with Gasteiger partial charge in [0.2, 0.25) is 0 Å². The van der Waals surface area contributed by atoms with Gasteiger partial charge in [-0.2, -0.15) is 0 Å². The fourth-order valence-corrected chi connectivity index (χ4v) is 2.35. The molecule has 2 aromatic rings. The van der Waals surface area contributed by atoms with Gasteiger partial charge in [-0.25, -0.2) is 4.39 Å². The van der Waals surface area contributed by atoms with Crippen LogP contribution in [-0.4, -0.2) is 6.29 Å². The van der Waals surface area contributed by atoms with Gasteiger partial charge in [-0.1, -0.05) is 23.8 Å². The maximum absolute atomic E-state index is 13.7. The smallest absolute Gasteiger partial charge is 0.165 e. The first-order chi connectivity index (χ1) is 9.52. The largest absolute Gasteiger partial charge is 0.485 e. The van der Waals surface area contributed by atoms with E-state index in [0.717, 1.165) is 16.7 Å². The molecule has 0 bridgehead atoms. The second-order valence-corrected chi connectivity index (χ2v) is 4.94. The predicted molar refractivity (Wildman–Crippen MR) is 76.8 cm³/mol. The highest BCUT2D eigenvalue weighted by molar-refractivity contribution is 5.79. The summed E-state index contributed by atoms with van der Waals surface area (Å²) >= 11 is 0. The second-order valence-electron chi connectivity index (χ2n) is 4.94. The molecule has 0 saturated carbocycles. The summed E-state index contributed by atoms with van der Waals surface area (Å²) in [5, 5.41) is 0. The van der Waals surface area contributed by atoms with E-state index in [0.29, 0.717) is 6.29 Å². The average Bonchev–Trinajstić information content (AvgIpc) is 2.38. The van der Waals surface area contributed by atoms with Crippen molar-refractivity contribution in [1.29, 1.82) is 0 Å². The lowest BCUT2D eigenvalue weighted by Crippen LogP contribution is -2.04. The summed E-state index contributed by atoms with van der Waals surface area (Å²) in [7, 11) is 0. The third-order valence-corrected chi connectivity index (χ3v) is 3.33. The molecule has 104 valence electrons. The molecule has 0 heterocycles. The number of rotatable bonds is 4. The molecule has 20 heavy (non-hydrogen) atoms. The lowest BCUT2D eigenvalue weighted by Gasteiger charge is -2.14. The molecular weight excluding hydrogens is 255 g/mol. The molecule has 3 heteroatoms. The van der Waals surface area contributed by atoms with Gasteiger partial charge in [0, 0.05) is 0 Å². The summed E-state index contributed by atoms with van der Waals surface area (Å²) < 4.78 is 19.3. The third kappa shape index (κ3) is 2.87. The Bertz CT molecular complexity index is 624. The summed E-state index contributed by atoms with van der Waals surface area (Å²) in [5.41, 5.74) is 4.64. The van der Waals surface area contributed by atoms with Crippen molar-refractivity contribution >= 4 is 6.29 Å². The van der Waals surface area contributed by atoms with E-state index in [1.807, 2.05) is 20.8 Å². The van der Waals surface area contributed by atoms with Crippen molar-refractivity contribution in [3.8, 4) is 5.75 Å². The second kappa shape index (κ2) is 5.87. The van der Waals surface area contributed by atoms with Crippen molar-refractivity contribution in [3.63, 3.8) is 0 Å². The number of para-hydroxylation sites is 1. The summed E-state index contributed by atoms with van der Waals surface area (Å²) in [6, 6.07) is 8.45. The Morgan fingerprint density at radius 2 is 1.80 bits per heavy atom. The number of aryl methyl sites for hydroxylation is 3. The van der Waals surface area contributed by atoms with Gasteiger partial charge in [-0.15, -0.1) is 0 Å². The van der Waals surface area contributed by atoms with Crippen LogP contribution in [0.3, 0.4) is 0 Å². The van der Waals surface area contributed by atoms with Crippen LogP contribution in [0.5, 0.6) is 5.75 Å². The van der Waals surface area contributed by atoms with Gasteiger partial charge in [0.1, 0.15) is 6.61 Å². The summed E-state index contributed by atoms with van der Waals surface area (Å²) in [6.07, 6.45) is 0.604. The van der Waals surface area contributed by atoms with Gasteiger partial charge in [0.05, 0.1) is 5.56 Å². The Hall–Kier alpha value is -2.16. The number of ether oxygens (including phenoxy) is 1. The number of aldehydes is 1. The Balaban J connectivity index is 2.28. The standard InChI is InChI=1S/C17H17FO2/c1-11-7-12(2)15(13(3)8-11)10-20-17-14(9-19)5-4-6-16(17)18/h4-9H,10H2,1-3H3. The molecule has 0 aliphatic rings. The highest BCUT2D eigenvalue weighted by Gasteiger charge is 2.11. The molecule has 0 aromatic heterocycles. The summed E-state index contributed by atoms with van der Waals surface area (Å²) in [5.74, 6) is -0.501. The van der Waals surface area contributed by atoms with Crippen molar-refractivity contribution in [1.82, 2.24) is 0 Å². The third-order valence-electron chi connectivity index (χ3n) is 3.33. The quantitative estimate of drug-likeness (QED) is 0.782. The normalized spacial score (nSPS) is 10.4. The number of hydrogen-bond acceptors (Lipinski definition) is 2. The van der Waals surface area contributed by atoms with Crippen LogP contribution in [0, 0.1) is 26.6 Å². The van der Waals surface area contributed by atoms with E-state index in [4.69, 9.17) is 4.74 Å². The van der Waals surface area contributed by atoms with Crippen LogP contribution in [-0.2, 0) is 6.61 Å². The molecule has 0 aliphatic carbocycles. The van der Waals surface area contributed by atoms with E-state index < -0.39 is 5.82 Å². The van der Waals surface area contributed by atoms with Crippen LogP contribution in [0.1, 0.15) is 32.6 Å². The van der Waals surface area contributed by atoms with E-state index in [2.05, 4.69) is 12.1 Å². The van der Waals surface area contributed by atoms with E-state index in [9.17, 15) is 9.18 Å². The van der Waals surface area contributed by atoms with Gasteiger partial charge >= 0.3 is 0 Å². The topological polar surface area (TPSA) is 26.3 Å². The molecule has 2 rings (SSSR count). The zero-order chi connectivity index (χ0) is 14.7. The Kier molecular flexibility index (Phi) is 4.18. The fourth-order valence-electron chi connectivity index (χ4n) is 2.35. The van der Waals surface area contributed by atoms with E-state index >= 15 is 0 Å².